The normalized spacial score (nSPS) is 18.0. The zero-order chi connectivity index (χ0) is 37.8. The van der Waals surface area contributed by atoms with Gasteiger partial charge in [-0.05, 0) is 86.3 Å². The molecule has 1 aliphatic rings. The van der Waals surface area contributed by atoms with E-state index in [1.807, 2.05) is 84.9 Å². The molecule has 0 aliphatic carbocycles. The van der Waals surface area contributed by atoms with Gasteiger partial charge in [0.1, 0.15) is 41.2 Å². The van der Waals surface area contributed by atoms with Crippen molar-refractivity contribution in [3.05, 3.63) is 131 Å². The van der Waals surface area contributed by atoms with Crippen molar-refractivity contribution in [1.82, 2.24) is 4.67 Å². The first-order chi connectivity index (χ1) is 25.7. The van der Waals surface area contributed by atoms with E-state index in [-0.39, 0.29) is 50.7 Å². The Kier molecular flexibility index (Phi) is 14.8. The van der Waals surface area contributed by atoms with E-state index in [1.165, 1.54) is 12.1 Å². The molecule has 282 valence electrons. The summed E-state index contributed by atoms with van der Waals surface area (Å²) in [5, 5.41) is 9.31. The third-order valence-electron chi connectivity index (χ3n) is 9.07. The predicted octanol–water partition coefficient (Wildman–Crippen LogP) is 8.80. The van der Waals surface area contributed by atoms with Gasteiger partial charge in [-0.3, -0.25) is 0 Å². The number of hydrogen-bond acceptors (Lipinski definition) is 9. The van der Waals surface area contributed by atoms with Crippen LogP contribution in [0.2, 0.25) is 0 Å². The van der Waals surface area contributed by atoms with Crippen LogP contribution in [0.1, 0.15) is 56.4 Å². The molecule has 1 saturated heterocycles. The van der Waals surface area contributed by atoms with Crippen LogP contribution >= 0.6 is 8.53 Å². The van der Waals surface area contributed by atoms with Crippen LogP contribution in [0, 0.1) is 17.1 Å². The van der Waals surface area contributed by atoms with Crippen molar-refractivity contribution in [3.8, 4) is 17.6 Å². The summed E-state index contributed by atoms with van der Waals surface area (Å²) in [6.45, 7) is 9.08. The Balaban J connectivity index is 1.54. The van der Waals surface area contributed by atoms with Gasteiger partial charge in [0.2, 0.25) is 0 Å². The van der Waals surface area contributed by atoms with Gasteiger partial charge in [0.05, 0.1) is 53.1 Å². The largest absolute Gasteiger partial charge is 0.497 e. The zero-order valence-corrected chi connectivity index (χ0v) is 32.2. The highest BCUT2D eigenvalue weighted by Crippen LogP contribution is 2.50. The van der Waals surface area contributed by atoms with Crippen LogP contribution in [0.25, 0.3) is 0 Å². The number of methoxy groups -OCH3 is 2. The quantitative estimate of drug-likeness (QED) is 0.0531. The molecule has 4 aromatic rings. The third-order valence-corrected chi connectivity index (χ3v) is 11.2. The lowest BCUT2D eigenvalue weighted by Crippen LogP contribution is -2.42. The van der Waals surface area contributed by atoms with Gasteiger partial charge in [0.25, 0.3) is 8.53 Å². The highest BCUT2D eigenvalue weighted by atomic mass is 31.2. The van der Waals surface area contributed by atoms with E-state index >= 15 is 0 Å². The first-order valence-corrected chi connectivity index (χ1v) is 19.0. The topological polar surface area (TPSA) is 91.6 Å². The second-order valence-electron chi connectivity index (χ2n) is 13.3. The molecule has 0 spiro atoms. The van der Waals surface area contributed by atoms with Crippen LogP contribution in [-0.2, 0) is 35.5 Å². The Labute approximate surface area is 314 Å². The molecule has 0 N–H and O–H groups in total. The van der Waals surface area contributed by atoms with Gasteiger partial charge < -0.3 is 32.7 Å². The maximum Gasteiger partial charge on any atom is 0.259 e. The molecule has 0 amide bonds. The fourth-order valence-electron chi connectivity index (χ4n) is 6.58. The van der Waals surface area contributed by atoms with E-state index in [0.29, 0.717) is 5.56 Å². The average molecular weight is 745 g/mol. The Morgan fingerprint density at radius 3 is 2.00 bits per heavy atom. The molecule has 1 aliphatic heterocycles. The maximum atomic E-state index is 14.1. The summed E-state index contributed by atoms with van der Waals surface area (Å²) in [4.78, 5) is 0. The van der Waals surface area contributed by atoms with Crippen LogP contribution in [-0.4, -0.2) is 69.1 Å². The number of rotatable bonds is 19. The second kappa shape index (κ2) is 19.4. The van der Waals surface area contributed by atoms with Crippen LogP contribution < -0.4 is 9.47 Å². The zero-order valence-electron chi connectivity index (χ0n) is 31.3. The summed E-state index contributed by atoms with van der Waals surface area (Å²) in [6, 6.07) is 34.5. The van der Waals surface area contributed by atoms with Crippen LogP contribution in [0.15, 0.2) is 103 Å². The SMILES string of the molecule is COc1ccc(C(OC[C@H]2OC[C@H](OCc3cccc(F)c3)[C@@H]2OP(OCCC#N)N(C(C)C)C(C)C)(c2ccccc2)c2ccc(OC)cc2)cc1. The molecular formula is C42H50FN2O7P. The smallest absolute Gasteiger partial charge is 0.259 e. The van der Waals surface area contributed by atoms with Crippen molar-refractivity contribution in [2.75, 3.05) is 34.0 Å². The number of ether oxygens (including phenoxy) is 5. The Morgan fingerprint density at radius 1 is 0.849 bits per heavy atom. The highest BCUT2D eigenvalue weighted by molar-refractivity contribution is 7.44. The minimum absolute atomic E-state index is 0.0859. The van der Waals surface area contributed by atoms with Crippen molar-refractivity contribution in [2.45, 2.75) is 76.7 Å². The molecule has 0 aromatic heterocycles. The molecule has 53 heavy (non-hydrogen) atoms. The Morgan fingerprint density at radius 2 is 1.45 bits per heavy atom. The molecule has 1 unspecified atom stereocenters. The van der Waals surface area contributed by atoms with Gasteiger partial charge in [-0.2, -0.15) is 5.26 Å². The van der Waals surface area contributed by atoms with Crippen molar-refractivity contribution in [3.63, 3.8) is 0 Å². The fourth-order valence-corrected chi connectivity index (χ4v) is 8.36. The van der Waals surface area contributed by atoms with E-state index in [4.69, 9.17) is 32.7 Å². The molecule has 11 heteroatoms. The van der Waals surface area contributed by atoms with E-state index in [9.17, 15) is 9.65 Å². The predicted molar refractivity (Wildman–Crippen MR) is 203 cm³/mol. The van der Waals surface area contributed by atoms with Crippen molar-refractivity contribution >= 4 is 8.53 Å². The molecule has 0 radical (unpaired) electrons. The van der Waals surface area contributed by atoms with Crippen LogP contribution in [0.4, 0.5) is 4.39 Å². The van der Waals surface area contributed by atoms with Crippen LogP contribution in [0.5, 0.6) is 11.5 Å². The third kappa shape index (κ3) is 10.00. The molecule has 1 heterocycles. The summed E-state index contributed by atoms with van der Waals surface area (Å²) in [5.41, 5.74) is 2.31. The first-order valence-electron chi connectivity index (χ1n) is 17.9. The van der Waals surface area contributed by atoms with Gasteiger partial charge in [-0.25, -0.2) is 9.06 Å². The van der Waals surface area contributed by atoms with Gasteiger partial charge in [-0.15, -0.1) is 0 Å². The highest BCUT2D eigenvalue weighted by Gasteiger charge is 2.46. The molecule has 0 bridgehead atoms. The Bertz CT molecular complexity index is 1680. The number of nitrogens with zero attached hydrogens (tertiary/aromatic N) is 2. The summed E-state index contributed by atoms with van der Waals surface area (Å²) >= 11 is 0. The minimum atomic E-state index is -1.65. The average Bonchev–Trinajstić information content (AvgIpc) is 3.55. The fraction of sp³-hybridized carbons (Fsp3) is 0.405. The van der Waals surface area contributed by atoms with E-state index in [1.54, 1.807) is 20.3 Å². The van der Waals surface area contributed by atoms with E-state index in [2.05, 4.69) is 38.4 Å². The van der Waals surface area contributed by atoms with Crippen molar-refractivity contribution in [1.29, 1.82) is 5.26 Å². The molecule has 0 saturated carbocycles. The molecule has 4 aromatic carbocycles. The lowest BCUT2D eigenvalue weighted by atomic mass is 9.80. The summed E-state index contributed by atoms with van der Waals surface area (Å²) in [5.74, 6) is 1.11. The minimum Gasteiger partial charge on any atom is -0.497 e. The van der Waals surface area contributed by atoms with E-state index in [0.717, 1.165) is 28.2 Å². The van der Waals surface area contributed by atoms with Crippen molar-refractivity contribution in [2.24, 2.45) is 0 Å². The van der Waals surface area contributed by atoms with Gasteiger partial charge >= 0.3 is 0 Å². The van der Waals surface area contributed by atoms with E-state index < -0.39 is 32.4 Å². The number of nitriles is 1. The van der Waals surface area contributed by atoms with Crippen molar-refractivity contribution < 1.29 is 37.1 Å². The van der Waals surface area contributed by atoms with Crippen LogP contribution in [0.3, 0.4) is 0 Å². The number of hydrogen-bond donors (Lipinski definition) is 0. The number of halogens is 1. The van der Waals surface area contributed by atoms with Gasteiger partial charge in [0.15, 0.2) is 0 Å². The molecule has 4 atom stereocenters. The lowest BCUT2D eigenvalue weighted by molar-refractivity contribution is -0.0726. The molecule has 1 fully saturated rings. The molecule has 9 nitrogen and oxygen atoms in total. The standard InChI is InChI=1S/C42H50FN2O7P/c1-30(2)45(31(3)4)53(51-25-11-24-44)52-41-39(48-27-32-12-10-15-36(43)26-32)28-49-40(41)29-50-42(33-13-8-7-9-14-33,34-16-20-37(46-5)21-17-34)35-18-22-38(47-6)23-19-35/h7-10,12-23,26,30-31,39-41H,11,25,27-29H2,1-6H3/t39-,40+,41-,53?/m0/s1. The van der Waals surface area contributed by atoms with Gasteiger partial charge in [-0.1, -0.05) is 66.7 Å². The summed E-state index contributed by atoms with van der Waals surface area (Å²) < 4.78 is 60.7. The maximum absolute atomic E-state index is 14.1. The number of benzene rings is 4. The second-order valence-corrected chi connectivity index (χ2v) is 14.7. The first kappa shape index (κ1) is 40.3. The monoisotopic (exact) mass is 744 g/mol. The summed E-state index contributed by atoms with van der Waals surface area (Å²) in [7, 11) is 1.63. The van der Waals surface area contributed by atoms with Gasteiger partial charge in [0, 0.05) is 12.1 Å². The lowest BCUT2D eigenvalue weighted by Gasteiger charge is -2.39. The molecule has 5 rings (SSSR count). The molecular weight excluding hydrogens is 694 g/mol. The Hall–Kier alpha value is -3.91. The summed E-state index contributed by atoms with van der Waals surface area (Å²) in [6.07, 6.45) is -1.51.